The number of carbonyl (C=O) groups is 1. The Morgan fingerprint density at radius 2 is 2.07 bits per heavy atom. The summed E-state index contributed by atoms with van der Waals surface area (Å²) in [6, 6.07) is 0. The molecule has 0 saturated heterocycles. The van der Waals surface area contributed by atoms with Crippen LogP contribution in [0.25, 0.3) is 0 Å². The molecule has 0 radical (unpaired) electrons. The van der Waals surface area contributed by atoms with Crippen LogP contribution in [0, 0.1) is 0 Å². The van der Waals surface area contributed by atoms with E-state index < -0.39 is 15.9 Å². The van der Waals surface area contributed by atoms with Gasteiger partial charge in [0.25, 0.3) is 0 Å². The summed E-state index contributed by atoms with van der Waals surface area (Å²) in [7, 11) is -2.65. The Morgan fingerprint density at radius 1 is 1.57 bits per heavy atom. The number of amides is 1. The van der Waals surface area contributed by atoms with Crippen molar-refractivity contribution < 1.29 is 36.6 Å². The van der Waals surface area contributed by atoms with Crippen molar-refractivity contribution in [2.24, 2.45) is 0 Å². The predicted octanol–water partition coefficient (Wildman–Crippen LogP) is -3.43. The van der Waals surface area contributed by atoms with Crippen molar-refractivity contribution in [2.75, 3.05) is 19.3 Å². The summed E-state index contributed by atoms with van der Waals surface area (Å²) in [6.07, 6.45) is 1.29. The minimum absolute atomic E-state index is 0. The molecule has 0 unspecified atom stereocenters. The van der Waals surface area contributed by atoms with Crippen LogP contribution in [-0.4, -0.2) is 43.1 Å². The summed E-state index contributed by atoms with van der Waals surface area (Å²) in [5.41, 5.74) is 0. The molecule has 0 saturated carbocycles. The fourth-order valence-corrected chi connectivity index (χ4v) is 1.23. The molecule has 1 amide bonds. The summed E-state index contributed by atoms with van der Waals surface area (Å²) in [4.78, 5) is 12.2. The van der Waals surface area contributed by atoms with E-state index in [4.69, 9.17) is 0 Å². The van der Waals surface area contributed by atoms with Crippen LogP contribution in [0.4, 0.5) is 0 Å². The molecule has 0 aliphatic heterocycles. The Balaban J connectivity index is 0. The second-order valence-electron chi connectivity index (χ2n) is 2.58. The zero-order valence-electron chi connectivity index (χ0n) is 8.39. The van der Waals surface area contributed by atoms with Crippen molar-refractivity contribution in [3.8, 4) is 0 Å². The van der Waals surface area contributed by atoms with Crippen LogP contribution in [0.15, 0.2) is 12.7 Å². The summed E-state index contributed by atoms with van der Waals surface area (Å²) in [6.45, 7) is 3.51. The molecular weight excluding hydrogens is 201 g/mol. The standard InChI is InChI=1S/C7H13NO4S.Li/c1-3-7(9)8(2)5-4-6-13(10,11)12;/h3H,1,4-6H2,2H3,(H,10,11,12);/q;+1/p-1. The van der Waals surface area contributed by atoms with Gasteiger partial charge in [-0.05, 0) is 12.5 Å². The second kappa shape index (κ2) is 7.07. The normalized spacial score (nSPS) is 10.1. The molecule has 0 N–H and O–H groups in total. The Hall–Kier alpha value is -0.283. The fraction of sp³-hybridized carbons (Fsp3) is 0.571. The van der Waals surface area contributed by atoms with Gasteiger partial charge < -0.3 is 9.45 Å². The third-order valence-corrected chi connectivity index (χ3v) is 2.23. The van der Waals surface area contributed by atoms with E-state index in [2.05, 4.69) is 6.58 Å². The van der Waals surface area contributed by atoms with Gasteiger partial charge in [0.1, 0.15) is 0 Å². The van der Waals surface area contributed by atoms with Crippen molar-refractivity contribution in [1.82, 2.24) is 4.90 Å². The van der Waals surface area contributed by atoms with Crippen LogP contribution in [0.5, 0.6) is 0 Å². The molecule has 7 heteroatoms. The Kier molecular flexibility index (Phi) is 8.16. The number of nitrogens with zero attached hydrogens (tertiary/aromatic N) is 1. The number of likely N-dealkylation sites (N-methyl/N-ethyl adjacent to an activating group) is 1. The first-order chi connectivity index (χ1) is 5.87. The number of carbonyl (C=O) groups excluding carboxylic acids is 1. The number of hydrogen-bond acceptors (Lipinski definition) is 4. The average molecular weight is 213 g/mol. The van der Waals surface area contributed by atoms with E-state index in [1.807, 2.05) is 0 Å². The molecule has 0 atom stereocenters. The van der Waals surface area contributed by atoms with Crippen LogP contribution in [-0.2, 0) is 14.9 Å². The topological polar surface area (TPSA) is 77.5 Å². The van der Waals surface area contributed by atoms with Gasteiger partial charge in [0.15, 0.2) is 0 Å². The molecule has 14 heavy (non-hydrogen) atoms. The monoisotopic (exact) mass is 213 g/mol. The molecular formula is C7H12LiNO4S. The summed E-state index contributed by atoms with van der Waals surface area (Å²) >= 11 is 0. The van der Waals surface area contributed by atoms with Gasteiger partial charge in [-0.3, -0.25) is 4.79 Å². The molecule has 76 valence electrons. The summed E-state index contributed by atoms with van der Waals surface area (Å²) < 4.78 is 30.5. The molecule has 0 aromatic rings. The molecule has 0 aromatic heterocycles. The molecule has 0 aromatic carbocycles. The van der Waals surface area contributed by atoms with Gasteiger partial charge in [-0.2, -0.15) is 0 Å². The van der Waals surface area contributed by atoms with Crippen molar-refractivity contribution in [2.45, 2.75) is 6.42 Å². The zero-order valence-corrected chi connectivity index (χ0v) is 9.21. The molecule has 0 bridgehead atoms. The minimum Gasteiger partial charge on any atom is -0.748 e. The first-order valence-corrected chi connectivity index (χ1v) is 5.25. The first kappa shape index (κ1) is 16.2. The van der Waals surface area contributed by atoms with Gasteiger partial charge in [0.2, 0.25) is 5.91 Å². The van der Waals surface area contributed by atoms with Crippen molar-refractivity contribution >= 4 is 16.0 Å². The maximum atomic E-state index is 10.8. The quantitative estimate of drug-likeness (QED) is 0.270. The van der Waals surface area contributed by atoms with Gasteiger partial charge in [0.05, 0.1) is 10.1 Å². The van der Waals surface area contributed by atoms with E-state index in [1.165, 1.54) is 11.9 Å². The van der Waals surface area contributed by atoms with Crippen LogP contribution >= 0.6 is 0 Å². The van der Waals surface area contributed by atoms with Crippen LogP contribution in [0.1, 0.15) is 6.42 Å². The van der Waals surface area contributed by atoms with Crippen LogP contribution in [0.3, 0.4) is 0 Å². The molecule has 0 rings (SSSR count). The van der Waals surface area contributed by atoms with Gasteiger partial charge >= 0.3 is 18.9 Å². The van der Waals surface area contributed by atoms with Crippen LogP contribution in [0.2, 0.25) is 0 Å². The smallest absolute Gasteiger partial charge is 0.748 e. The Labute approximate surface area is 96.1 Å². The van der Waals surface area contributed by atoms with E-state index in [0.717, 1.165) is 6.08 Å². The van der Waals surface area contributed by atoms with Crippen molar-refractivity contribution in [3.05, 3.63) is 12.7 Å². The van der Waals surface area contributed by atoms with Gasteiger partial charge in [-0.15, -0.1) is 0 Å². The maximum absolute atomic E-state index is 10.8. The first-order valence-electron chi connectivity index (χ1n) is 3.68. The van der Waals surface area contributed by atoms with E-state index in [1.54, 1.807) is 0 Å². The molecule has 0 spiro atoms. The van der Waals surface area contributed by atoms with Gasteiger partial charge in [-0.25, -0.2) is 8.42 Å². The van der Waals surface area contributed by atoms with Crippen molar-refractivity contribution in [3.63, 3.8) is 0 Å². The van der Waals surface area contributed by atoms with Crippen LogP contribution < -0.4 is 18.9 Å². The molecule has 0 heterocycles. The third kappa shape index (κ3) is 8.32. The van der Waals surface area contributed by atoms with Gasteiger partial charge in [-0.1, -0.05) is 6.58 Å². The Morgan fingerprint density at radius 3 is 2.43 bits per heavy atom. The van der Waals surface area contributed by atoms with E-state index in [0.29, 0.717) is 0 Å². The molecule has 0 fully saturated rings. The fourth-order valence-electron chi connectivity index (χ4n) is 0.745. The van der Waals surface area contributed by atoms with E-state index in [9.17, 15) is 17.8 Å². The average Bonchev–Trinajstić information content (AvgIpc) is 2.00. The van der Waals surface area contributed by atoms with E-state index in [-0.39, 0.29) is 37.7 Å². The zero-order chi connectivity index (χ0) is 10.5. The molecule has 5 nitrogen and oxygen atoms in total. The predicted molar refractivity (Wildman–Crippen MR) is 47.0 cm³/mol. The third-order valence-electron chi connectivity index (χ3n) is 1.44. The molecule has 0 aliphatic carbocycles. The SMILES string of the molecule is C=CC(=O)N(C)CCCS(=O)(=O)[O-].[Li+]. The Bertz CT molecular complexity index is 288. The largest absolute Gasteiger partial charge is 1.00 e. The van der Waals surface area contributed by atoms with E-state index >= 15 is 0 Å². The summed E-state index contributed by atoms with van der Waals surface area (Å²) in [5, 5.41) is 0. The van der Waals surface area contributed by atoms with Crippen molar-refractivity contribution in [1.29, 1.82) is 0 Å². The number of rotatable bonds is 5. The maximum Gasteiger partial charge on any atom is 1.00 e. The second-order valence-corrected chi connectivity index (χ2v) is 4.10. The number of hydrogen-bond donors (Lipinski definition) is 0. The minimum atomic E-state index is -4.17. The molecule has 0 aliphatic rings. The van der Waals surface area contributed by atoms with Gasteiger partial charge in [0, 0.05) is 19.3 Å². The summed E-state index contributed by atoms with van der Waals surface area (Å²) in [5.74, 6) is -0.731.